The number of ether oxygens (including phenoxy) is 1. The fraction of sp³-hybridized carbons (Fsp3) is 0.357. The van der Waals surface area contributed by atoms with E-state index in [2.05, 4.69) is 20.8 Å². The molecule has 2 amide bonds. The van der Waals surface area contributed by atoms with Crippen LogP contribution in [0.15, 0.2) is 28.6 Å². The van der Waals surface area contributed by atoms with Crippen molar-refractivity contribution in [2.75, 3.05) is 12.4 Å². The van der Waals surface area contributed by atoms with E-state index in [1.165, 1.54) is 11.3 Å². The third-order valence-corrected chi connectivity index (χ3v) is 5.08. The third-order valence-electron chi connectivity index (χ3n) is 3.04. The van der Waals surface area contributed by atoms with E-state index in [0.717, 1.165) is 34.2 Å². The topological polar surface area (TPSA) is 76.1 Å². The molecule has 1 aliphatic rings. The normalized spacial score (nSPS) is 13.7. The molecule has 0 aliphatic heterocycles. The van der Waals surface area contributed by atoms with Gasteiger partial charge in [0.15, 0.2) is 4.34 Å². The van der Waals surface area contributed by atoms with Gasteiger partial charge in [-0.05, 0) is 30.5 Å². The first-order valence-electron chi connectivity index (χ1n) is 6.89. The average molecular weight is 336 g/mol. The maximum Gasteiger partial charge on any atom is 0.321 e. The molecule has 2 N–H and O–H groups in total. The van der Waals surface area contributed by atoms with Crippen LogP contribution in [0.3, 0.4) is 0 Å². The number of hydrogen-bond acceptors (Lipinski definition) is 6. The lowest BCUT2D eigenvalue weighted by atomic mass is 10.2. The van der Waals surface area contributed by atoms with Crippen LogP contribution in [0.1, 0.15) is 18.4 Å². The maximum absolute atomic E-state index is 11.6. The van der Waals surface area contributed by atoms with Crippen molar-refractivity contribution < 1.29 is 9.53 Å². The van der Waals surface area contributed by atoms with Gasteiger partial charge in [-0.15, -0.1) is 10.2 Å². The minimum atomic E-state index is -0.206. The first kappa shape index (κ1) is 15.1. The van der Waals surface area contributed by atoms with Crippen LogP contribution in [-0.4, -0.2) is 29.4 Å². The van der Waals surface area contributed by atoms with Crippen molar-refractivity contribution >= 4 is 34.3 Å². The Kier molecular flexibility index (Phi) is 4.79. The number of benzene rings is 1. The molecule has 0 bridgehead atoms. The van der Waals surface area contributed by atoms with Crippen molar-refractivity contribution in [3.8, 4) is 5.75 Å². The summed E-state index contributed by atoms with van der Waals surface area (Å²) in [5.41, 5.74) is 1.15. The Morgan fingerprint density at radius 3 is 3.09 bits per heavy atom. The lowest BCUT2D eigenvalue weighted by Gasteiger charge is -2.02. The molecule has 1 aromatic heterocycles. The minimum Gasteiger partial charge on any atom is -0.497 e. The quantitative estimate of drug-likeness (QED) is 0.626. The van der Waals surface area contributed by atoms with Gasteiger partial charge in [0.25, 0.3) is 0 Å². The summed E-state index contributed by atoms with van der Waals surface area (Å²) < 4.78 is 6.03. The van der Waals surface area contributed by atoms with E-state index in [0.29, 0.717) is 11.2 Å². The first-order chi connectivity index (χ1) is 10.7. The number of thioether (sulfide) groups is 1. The largest absolute Gasteiger partial charge is 0.497 e. The average Bonchev–Trinajstić information content (AvgIpc) is 3.22. The highest BCUT2D eigenvalue weighted by Gasteiger charge is 2.23. The number of carbonyl (C=O) groups excluding carboxylic acids is 1. The second-order valence-corrected chi connectivity index (χ2v) is 7.09. The summed E-state index contributed by atoms with van der Waals surface area (Å²) in [7, 11) is 1.65. The van der Waals surface area contributed by atoms with Gasteiger partial charge < -0.3 is 10.1 Å². The Bertz CT molecular complexity index is 658. The number of hydrogen-bond donors (Lipinski definition) is 2. The van der Waals surface area contributed by atoms with Crippen molar-refractivity contribution in [3.63, 3.8) is 0 Å². The van der Waals surface area contributed by atoms with Gasteiger partial charge in [0.05, 0.1) is 7.11 Å². The van der Waals surface area contributed by atoms with Crippen LogP contribution in [-0.2, 0) is 5.75 Å². The first-order valence-corrected chi connectivity index (χ1v) is 8.70. The molecule has 2 aromatic rings. The number of nitrogens with zero attached hydrogens (tertiary/aromatic N) is 2. The van der Waals surface area contributed by atoms with Crippen LogP contribution in [0.25, 0.3) is 0 Å². The zero-order chi connectivity index (χ0) is 15.4. The molecular formula is C14H16N4O2S2. The molecule has 22 heavy (non-hydrogen) atoms. The summed E-state index contributed by atoms with van der Waals surface area (Å²) in [6.45, 7) is 0. The van der Waals surface area contributed by atoms with Crippen LogP contribution < -0.4 is 15.4 Å². The third kappa shape index (κ3) is 4.35. The number of urea groups is 1. The van der Waals surface area contributed by atoms with Gasteiger partial charge in [-0.2, -0.15) is 0 Å². The van der Waals surface area contributed by atoms with Crippen molar-refractivity contribution in [1.82, 2.24) is 15.5 Å². The zero-order valence-electron chi connectivity index (χ0n) is 12.0. The highest BCUT2D eigenvalue weighted by Crippen LogP contribution is 2.29. The standard InChI is InChI=1S/C14H16N4O2S2/c1-20-11-4-2-3-9(7-11)8-21-14-18-17-13(22-14)16-12(19)15-10-5-6-10/h2-4,7,10H,5-6,8H2,1H3,(H2,15,16,17,19). The van der Waals surface area contributed by atoms with Gasteiger partial charge in [-0.3, -0.25) is 5.32 Å². The van der Waals surface area contributed by atoms with Crippen LogP contribution >= 0.6 is 23.1 Å². The molecule has 1 saturated carbocycles. The molecule has 0 unspecified atom stereocenters. The molecule has 6 nitrogen and oxygen atoms in total. The molecule has 1 aromatic carbocycles. The maximum atomic E-state index is 11.6. The van der Waals surface area contributed by atoms with Gasteiger partial charge in [0.2, 0.25) is 5.13 Å². The number of anilines is 1. The van der Waals surface area contributed by atoms with Crippen molar-refractivity contribution in [1.29, 1.82) is 0 Å². The summed E-state index contributed by atoms with van der Waals surface area (Å²) in [5, 5.41) is 14.1. The minimum absolute atomic E-state index is 0.206. The van der Waals surface area contributed by atoms with Gasteiger partial charge in [-0.1, -0.05) is 35.2 Å². The Morgan fingerprint density at radius 1 is 1.45 bits per heavy atom. The summed E-state index contributed by atoms with van der Waals surface area (Å²) in [6, 6.07) is 8.04. The van der Waals surface area contributed by atoms with Gasteiger partial charge in [-0.25, -0.2) is 4.79 Å². The SMILES string of the molecule is COc1cccc(CSc2nnc(NC(=O)NC3CC3)s2)c1. The van der Waals surface area contributed by atoms with Gasteiger partial charge >= 0.3 is 6.03 Å². The van der Waals surface area contributed by atoms with E-state index in [9.17, 15) is 4.79 Å². The second-order valence-electron chi connectivity index (χ2n) is 4.89. The molecular weight excluding hydrogens is 320 g/mol. The molecule has 116 valence electrons. The van der Waals surface area contributed by atoms with Gasteiger partial charge in [0, 0.05) is 11.8 Å². The lowest BCUT2D eigenvalue weighted by Crippen LogP contribution is -2.30. The van der Waals surface area contributed by atoms with E-state index in [1.54, 1.807) is 18.9 Å². The fourth-order valence-corrected chi connectivity index (χ4v) is 3.46. The van der Waals surface area contributed by atoms with Crippen LogP contribution in [0.2, 0.25) is 0 Å². The van der Waals surface area contributed by atoms with Crippen LogP contribution in [0.4, 0.5) is 9.93 Å². The Balaban J connectivity index is 1.51. The van der Waals surface area contributed by atoms with Crippen LogP contribution in [0.5, 0.6) is 5.75 Å². The summed E-state index contributed by atoms with van der Waals surface area (Å²) in [6.07, 6.45) is 2.12. The number of carbonyl (C=O) groups is 1. The molecule has 8 heteroatoms. The predicted molar refractivity (Wildman–Crippen MR) is 87.6 cm³/mol. The lowest BCUT2D eigenvalue weighted by molar-refractivity contribution is 0.251. The number of nitrogens with one attached hydrogen (secondary N) is 2. The van der Waals surface area contributed by atoms with Crippen molar-refractivity contribution in [2.24, 2.45) is 0 Å². The molecule has 1 aliphatic carbocycles. The molecule has 1 fully saturated rings. The summed E-state index contributed by atoms with van der Waals surface area (Å²) >= 11 is 2.96. The summed E-state index contributed by atoms with van der Waals surface area (Å²) in [4.78, 5) is 11.6. The van der Waals surface area contributed by atoms with Crippen molar-refractivity contribution in [3.05, 3.63) is 29.8 Å². The molecule has 3 rings (SSSR count). The van der Waals surface area contributed by atoms with E-state index in [-0.39, 0.29) is 6.03 Å². The number of amides is 2. The van der Waals surface area contributed by atoms with Crippen molar-refractivity contribution in [2.45, 2.75) is 29.0 Å². The highest BCUT2D eigenvalue weighted by molar-refractivity contribution is 8.00. The fourth-order valence-electron chi connectivity index (χ4n) is 1.77. The predicted octanol–water partition coefficient (Wildman–Crippen LogP) is 3.12. The smallest absolute Gasteiger partial charge is 0.321 e. The molecule has 0 atom stereocenters. The van der Waals surface area contributed by atoms with E-state index in [4.69, 9.17) is 4.74 Å². The zero-order valence-corrected chi connectivity index (χ0v) is 13.7. The second kappa shape index (κ2) is 6.97. The molecule has 0 saturated heterocycles. The number of rotatable bonds is 6. The molecule has 0 radical (unpaired) electrons. The van der Waals surface area contributed by atoms with E-state index in [1.807, 2.05) is 24.3 Å². The Hall–Kier alpha value is -1.80. The Labute approximate surface area is 136 Å². The number of aromatic nitrogens is 2. The summed E-state index contributed by atoms with van der Waals surface area (Å²) in [5.74, 6) is 1.62. The van der Waals surface area contributed by atoms with Gasteiger partial charge in [0.1, 0.15) is 5.75 Å². The number of methoxy groups -OCH3 is 1. The monoisotopic (exact) mass is 336 g/mol. The molecule has 1 heterocycles. The molecule has 0 spiro atoms. The van der Waals surface area contributed by atoms with E-state index < -0.39 is 0 Å². The van der Waals surface area contributed by atoms with Crippen LogP contribution in [0, 0.1) is 0 Å². The Morgan fingerprint density at radius 2 is 2.32 bits per heavy atom. The van der Waals surface area contributed by atoms with E-state index >= 15 is 0 Å². The highest BCUT2D eigenvalue weighted by atomic mass is 32.2.